The molecule has 0 aromatic heterocycles. The molecule has 1 aliphatic carbocycles. The molecular formula is C17H27NO3. The zero-order chi connectivity index (χ0) is 15.1. The second-order valence-electron chi connectivity index (χ2n) is 5.90. The number of hydrogen-bond acceptors (Lipinski definition) is 4. The lowest BCUT2D eigenvalue weighted by atomic mass is 9.91. The van der Waals surface area contributed by atoms with Gasteiger partial charge in [0.15, 0.2) is 5.60 Å². The molecule has 0 atom stereocenters. The summed E-state index contributed by atoms with van der Waals surface area (Å²) in [5.41, 5.74) is -0.544. The first kappa shape index (κ1) is 16.3. The van der Waals surface area contributed by atoms with Crippen molar-refractivity contribution in [2.75, 3.05) is 32.8 Å². The molecule has 1 aliphatic heterocycles. The molecule has 1 heterocycles. The average Bonchev–Trinajstić information content (AvgIpc) is 3.32. The summed E-state index contributed by atoms with van der Waals surface area (Å²) < 4.78 is 11.1. The molecule has 0 N–H and O–H groups in total. The number of nitrogens with zero attached hydrogens (tertiary/aromatic N) is 1. The fourth-order valence-electron chi connectivity index (χ4n) is 2.48. The van der Waals surface area contributed by atoms with Crippen molar-refractivity contribution in [1.82, 2.24) is 4.90 Å². The summed E-state index contributed by atoms with van der Waals surface area (Å²) in [5.74, 6) is 7.00. The summed E-state index contributed by atoms with van der Waals surface area (Å²) in [6.45, 7) is 8.17. The van der Waals surface area contributed by atoms with Gasteiger partial charge in [-0.05, 0) is 19.8 Å². The van der Waals surface area contributed by atoms with Crippen LogP contribution < -0.4 is 0 Å². The van der Waals surface area contributed by atoms with Crippen LogP contribution in [0.2, 0.25) is 0 Å². The Morgan fingerprint density at radius 2 is 2.00 bits per heavy atom. The summed E-state index contributed by atoms with van der Waals surface area (Å²) in [6.07, 6.45) is 4.44. The first-order chi connectivity index (χ1) is 10.2. The molecule has 2 fully saturated rings. The van der Waals surface area contributed by atoms with E-state index in [1.165, 1.54) is 12.8 Å². The molecule has 0 spiro atoms. The topological polar surface area (TPSA) is 38.8 Å². The summed E-state index contributed by atoms with van der Waals surface area (Å²) >= 11 is 0. The Labute approximate surface area is 128 Å². The van der Waals surface area contributed by atoms with Crippen LogP contribution in [0.4, 0.5) is 0 Å². The maximum atomic E-state index is 11.7. The van der Waals surface area contributed by atoms with Gasteiger partial charge in [-0.25, -0.2) is 0 Å². The van der Waals surface area contributed by atoms with Crippen LogP contribution in [0.1, 0.15) is 46.0 Å². The summed E-state index contributed by atoms with van der Waals surface area (Å²) in [4.78, 5) is 14.1. The van der Waals surface area contributed by atoms with E-state index in [1.807, 2.05) is 13.8 Å². The van der Waals surface area contributed by atoms with Gasteiger partial charge >= 0.3 is 5.97 Å². The zero-order valence-electron chi connectivity index (χ0n) is 13.3. The summed E-state index contributed by atoms with van der Waals surface area (Å²) in [7, 11) is 0. The highest BCUT2D eigenvalue weighted by Gasteiger charge is 2.36. The Kier molecular flexibility index (Phi) is 6.08. The Morgan fingerprint density at radius 1 is 1.29 bits per heavy atom. The lowest BCUT2D eigenvalue weighted by Crippen LogP contribution is -2.47. The minimum atomic E-state index is -0.544. The van der Waals surface area contributed by atoms with E-state index < -0.39 is 5.60 Å². The first-order valence-corrected chi connectivity index (χ1v) is 8.22. The van der Waals surface area contributed by atoms with Crippen LogP contribution in [-0.4, -0.2) is 49.3 Å². The number of likely N-dealkylation sites (tertiary alicyclic amines) is 1. The number of rotatable bonds is 6. The number of esters is 1. The van der Waals surface area contributed by atoms with E-state index in [2.05, 4.69) is 16.7 Å². The monoisotopic (exact) mass is 293 g/mol. The second-order valence-corrected chi connectivity index (χ2v) is 5.90. The van der Waals surface area contributed by atoms with Crippen molar-refractivity contribution < 1.29 is 14.3 Å². The second kappa shape index (κ2) is 7.82. The van der Waals surface area contributed by atoms with E-state index in [0.29, 0.717) is 12.3 Å². The van der Waals surface area contributed by atoms with Crippen LogP contribution in [0.3, 0.4) is 0 Å². The molecular weight excluding hydrogens is 266 g/mol. The van der Waals surface area contributed by atoms with Gasteiger partial charge in [0.1, 0.15) is 0 Å². The summed E-state index contributed by atoms with van der Waals surface area (Å²) in [6, 6.07) is 0. The quantitative estimate of drug-likeness (QED) is 0.428. The fraction of sp³-hybridized carbons (Fsp3) is 0.824. The highest BCUT2D eigenvalue weighted by atomic mass is 16.6. The van der Waals surface area contributed by atoms with Gasteiger partial charge in [-0.15, -0.1) is 0 Å². The molecule has 1 saturated heterocycles. The van der Waals surface area contributed by atoms with Crippen molar-refractivity contribution in [2.45, 2.75) is 51.6 Å². The molecule has 2 rings (SSSR count). The molecule has 1 saturated carbocycles. The van der Waals surface area contributed by atoms with Crippen LogP contribution in [0.25, 0.3) is 0 Å². The predicted octanol–water partition coefficient (Wildman–Crippen LogP) is 2.22. The maximum absolute atomic E-state index is 11.7. The Bertz CT molecular complexity index is 398. The third kappa shape index (κ3) is 5.33. The minimum absolute atomic E-state index is 0.136. The van der Waals surface area contributed by atoms with Crippen molar-refractivity contribution in [3.8, 4) is 11.8 Å². The van der Waals surface area contributed by atoms with Crippen LogP contribution in [0.5, 0.6) is 0 Å². The van der Waals surface area contributed by atoms with Crippen LogP contribution in [0, 0.1) is 17.8 Å². The Balaban J connectivity index is 1.89. The Hall–Kier alpha value is -1.05. The number of hydrogen-bond donors (Lipinski definition) is 0. The third-order valence-corrected chi connectivity index (χ3v) is 4.10. The molecule has 0 unspecified atom stereocenters. The molecule has 0 aromatic rings. The normalized spacial score (nSPS) is 21.4. The largest absolute Gasteiger partial charge is 0.446 e. The van der Waals surface area contributed by atoms with E-state index >= 15 is 0 Å². The van der Waals surface area contributed by atoms with Crippen molar-refractivity contribution in [3.63, 3.8) is 0 Å². The smallest absolute Gasteiger partial charge is 0.307 e. The minimum Gasteiger partial charge on any atom is -0.446 e. The van der Waals surface area contributed by atoms with Crippen molar-refractivity contribution in [1.29, 1.82) is 0 Å². The molecule has 0 radical (unpaired) electrons. The molecule has 4 heteroatoms. The predicted molar refractivity (Wildman–Crippen MR) is 81.8 cm³/mol. The van der Waals surface area contributed by atoms with E-state index in [-0.39, 0.29) is 5.97 Å². The van der Waals surface area contributed by atoms with Crippen LogP contribution in [-0.2, 0) is 14.3 Å². The van der Waals surface area contributed by atoms with Gasteiger partial charge in [-0.2, -0.15) is 0 Å². The van der Waals surface area contributed by atoms with Crippen molar-refractivity contribution in [3.05, 3.63) is 0 Å². The Morgan fingerprint density at radius 3 is 2.57 bits per heavy atom. The van der Waals surface area contributed by atoms with Gasteiger partial charge in [-0.3, -0.25) is 4.79 Å². The lowest BCUT2D eigenvalue weighted by molar-refractivity contribution is -0.157. The fourth-order valence-corrected chi connectivity index (χ4v) is 2.48. The standard InChI is InChI=1S/C17H27NO3/c1-3-16(19)21-17(8-7-15-5-6-15)9-11-18(12-10-17)13-14-20-4-2/h15H,3-6,9-14H2,1-2H3. The van der Waals surface area contributed by atoms with Gasteiger partial charge in [0.2, 0.25) is 0 Å². The highest BCUT2D eigenvalue weighted by Crippen LogP contribution is 2.30. The van der Waals surface area contributed by atoms with Crippen LogP contribution in [0.15, 0.2) is 0 Å². The molecule has 21 heavy (non-hydrogen) atoms. The highest BCUT2D eigenvalue weighted by molar-refractivity contribution is 5.70. The van der Waals surface area contributed by atoms with E-state index in [9.17, 15) is 4.79 Å². The lowest BCUT2D eigenvalue weighted by Gasteiger charge is -2.37. The maximum Gasteiger partial charge on any atom is 0.307 e. The van der Waals surface area contributed by atoms with Gasteiger partial charge in [-0.1, -0.05) is 18.8 Å². The van der Waals surface area contributed by atoms with Gasteiger partial charge < -0.3 is 14.4 Å². The van der Waals surface area contributed by atoms with Crippen molar-refractivity contribution in [2.24, 2.45) is 5.92 Å². The van der Waals surface area contributed by atoms with Gasteiger partial charge in [0.25, 0.3) is 0 Å². The van der Waals surface area contributed by atoms with Crippen molar-refractivity contribution >= 4 is 5.97 Å². The van der Waals surface area contributed by atoms with E-state index in [1.54, 1.807) is 0 Å². The summed E-state index contributed by atoms with van der Waals surface area (Å²) in [5, 5.41) is 0. The molecule has 2 aliphatic rings. The number of carbonyl (C=O) groups excluding carboxylic acids is 1. The molecule has 0 bridgehead atoms. The number of piperidine rings is 1. The first-order valence-electron chi connectivity index (χ1n) is 8.22. The van der Waals surface area contributed by atoms with Crippen LogP contribution >= 0.6 is 0 Å². The van der Waals surface area contributed by atoms with E-state index in [0.717, 1.165) is 45.7 Å². The van der Waals surface area contributed by atoms with Gasteiger partial charge in [0.05, 0.1) is 6.61 Å². The van der Waals surface area contributed by atoms with Gasteiger partial charge in [0, 0.05) is 51.4 Å². The molecule has 118 valence electrons. The van der Waals surface area contributed by atoms with E-state index in [4.69, 9.17) is 9.47 Å². The molecule has 0 aromatic carbocycles. The SMILES string of the molecule is CCOCCN1CCC(C#CC2CC2)(OC(=O)CC)CC1. The zero-order valence-corrected chi connectivity index (χ0v) is 13.3. The third-order valence-electron chi connectivity index (χ3n) is 4.10. The molecule has 4 nitrogen and oxygen atoms in total. The molecule has 0 amide bonds. The number of carbonyl (C=O) groups is 1. The average molecular weight is 293 g/mol. The number of ether oxygens (including phenoxy) is 2.